The Bertz CT molecular complexity index is 803. The Morgan fingerprint density at radius 1 is 0.667 bits per heavy atom. The first-order valence-corrected chi connectivity index (χ1v) is 13.7. The first kappa shape index (κ1) is 24.8. The molecule has 3 nitrogen and oxygen atoms in total. The Kier molecular flexibility index (Phi) is 9.71. The number of carbonyl (C=O) groups excluding carboxylic acids is 2. The van der Waals surface area contributed by atoms with Crippen LogP contribution < -0.4 is 22.3 Å². The molecule has 0 bridgehead atoms. The number of hydrogen-bond donors (Lipinski definition) is 0. The van der Waals surface area contributed by atoms with Gasteiger partial charge in [0.15, 0.2) is 0 Å². The summed E-state index contributed by atoms with van der Waals surface area (Å²) in [5.74, 6) is -0.259. The molecule has 0 N–H and O–H groups in total. The fourth-order valence-corrected chi connectivity index (χ4v) is 6.32. The molecule has 0 fully saturated rings. The van der Waals surface area contributed by atoms with Crippen molar-refractivity contribution in [2.45, 2.75) is 44.9 Å². The van der Waals surface area contributed by atoms with Gasteiger partial charge in [-0.1, -0.05) is 56.0 Å². The second-order valence-electron chi connectivity index (χ2n) is 8.53. The van der Waals surface area contributed by atoms with Crippen LogP contribution in [0, 0.1) is 0 Å². The predicted molar refractivity (Wildman–Crippen MR) is 124 cm³/mol. The van der Waals surface area contributed by atoms with Crippen LogP contribution in [0.4, 0.5) is 0 Å². The number of imide groups is 1. The van der Waals surface area contributed by atoms with Gasteiger partial charge in [0.2, 0.25) is 0 Å². The second kappa shape index (κ2) is 11.8. The van der Waals surface area contributed by atoms with Crippen molar-refractivity contribution in [2.24, 2.45) is 0 Å². The molecule has 3 rings (SSSR count). The lowest BCUT2D eigenvalue weighted by molar-refractivity contribution is -0.0000294. The first-order chi connectivity index (χ1) is 14.0. The third kappa shape index (κ3) is 6.25. The third-order valence-corrected chi connectivity index (χ3v) is 9.06. The third-order valence-electron chi connectivity index (χ3n) is 5.93. The Morgan fingerprint density at radius 2 is 1.13 bits per heavy atom. The van der Waals surface area contributed by atoms with Gasteiger partial charge >= 0.3 is 0 Å². The summed E-state index contributed by atoms with van der Waals surface area (Å²) in [5.41, 5.74) is 1.11. The lowest BCUT2D eigenvalue weighted by Crippen LogP contribution is -3.00. The second-order valence-corrected chi connectivity index (χ2v) is 12.9. The summed E-state index contributed by atoms with van der Waals surface area (Å²) >= 11 is 0. The summed E-state index contributed by atoms with van der Waals surface area (Å²) in [6, 6.07) is 18.1. The van der Waals surface area contributed by atoms with E-state index in [4.69, 9.17) is 0 Å². The summed E-state index contributed by atoms with van der Waals surface area (Å²) < 4.78 is 0. The molecule has 0 atom stereocenters. The Labute approximate surface area is 192 Å². The number of fused-ring (bicyclic) bond motifs is 1. The van der Waals surface area contributed by atoms with Gasteiger partial charge in [-0.05, 0) is 43.5 Å². The van der Waals surface area contributed by atoms with Gasteiger partial charge in [0.25, 0.3) is 11.8 Å². The molecule has 2 aromatic rings. The molecule has 5 heteroatoms. The van der Waals surface area contributed by atoms with E-state index in [2.05, 4.69) is 43.7 Å². The zero-order chi connectivity index (χ0) is 20.7. The number of benzene rings is 2. The van der Waals surface area contributed by atoms with Crippen molar-refractivity contribution >= 4 is 24.4 Å². The molecule has 2 aromatic carbocycles. The molecule has 0 saturated carbocycles. The van der Waals surface area contributed by atoms with E-state index in [9.17, 15) is 9.59 Å². The molecule has 1 aliphatic heterocycles. The van der Waals surface area contributed by atoms with Gasteiger partial charge in [-0.25, -0.2) is 0 Å². The molecule has 0 spiro atoms. The summed E-state index contributed by atoms with van der Waals surface area (Å²) in [6.45, 7) is 5.44. The van der Waals surface area contributed by atoms with Crippen LogP contribution in [0.15, 0.2) is 54.6 Å². The number of amides is 2. The maximum atomic E-state index is 12.3. The largest absolute Gasteiger partial charge is 1.00 e. The molecule has 0 saturated heterocycles. The standard InChI is InChI=1S/C25H33NO2P.BrH/c1-29(2,21-15-9-8-10-16-21)20-14-7-5-3-4-6-13-19-26-24(27)22-17-11-12-18-23(22)25(26)28;/h8-12,15-18H,3-7,13-14,19-20H2,1-2H3;1H/q+1;/p-1. The molecule has 0 unspecified atom stereocenters. The highest BCUT2D eigenvalue weighted by atomic mass is 79.9. The number of hydrogen-bond acceptors (Lipinski definition) is 2. The zero-order valence-electron chi connectivity index (χ0n) is 18.1. The van der Waals surface area contributed by atoms with Crippen LogP contribution in [-0.4, -0.2) is 42.8 Å². The van der Waals surface area contributed by atoms with Crippen LogP contribution in [0.1, 0.15) is 65.7 Å². The van der Waals surface area contributed by atoms with Gasteiger partial charge in [0, 0.05) is 13.8 Å². The average Bonchev–Trinajstić information content (AvgIpc) is 2.98. The van der Waals surface area contributed by atoms with E-state index in [0.29, 0.717) is 17.7 Å². The monoisotopic (exact) mass is 489 g/mol. The molecule has 1 aliphatic rings. The smallest absolute Gasteiger partial charge is 0.261 e. The molecule has 2 amide bonds. The molecular formula is C25H33BrNO2P. The first-order valence-electron chi connectivity index (χ1n) is 10.8. The fourth-order valence-electron chi connectivity index (χ4n) is 4.06. The average molecular weight is 490 g/mol. The quantitative estimate of drug-likeness (QED) is 0.276. The molecular weight excluding hydrogens is 457 g/mol. The van der Waals surface area contributed by atoms with Gasteiger partial charge in [0.1, 0.15) is 0 Å². The molecule has 0 aliphatic carbocycles. The topological polar surface area (TPSA) is 37.4 Å². The van der Waals surface area contributed by atoms with Crippen LogP contribution in [-0.2, 0) is 0 Å². The van der Waals surface area contributed by atoms with Crippen molar-refractivity contribution in [3.8, 4) is 0 Å². The highest BCUT2D eigenvalue weighted by Gasteiger charge is 2.34. The molecule has 30 heavy (non-hydrogen) atoms. The van der Waals surface area contributed by atoms with Gasteiger partial charge in [0.05, 0.1) is 35.9 Å². The zero-order valence-corrected chi connectivity index (χ0v) is 20.6. The molecule has 0 aromatic heterocycles. The minimum absolute atomic E-state index is 0. The lowest BCUT2D eigenvalue weighted by Gasteiger charge is -2.17. The maximum absolute atomic E-state index is 12.3. The highest BCUT2D eigenvalue weighted by Crippen LogP contribution is 2.50. The van der Waals surface area contributed by atoms with Gasteiger partial charge < -0.3 is 17.0 Å². The van der Waals surface area contributed by atoms with E-state index in [1.165, 1.54) is 48.5 Å². The summed E-state index contributed by atoms with van der Waals surface area (Å²) in [5, 5.41) is 1.54. The van der Waals surface area contributed by atoms with Crippen LogP contribution in [0.2, 0.25) is 0 Å². The predicted octanol–water partition coefficient (Wildman–Crippen LogP) is 2.62. The summed E-state index contributed by atoms with van der Waals surface area (Å²) in [7, 11) is -0.979. The van der Waals surface area contributed by atoms with Gasteiger partial charge in [-0.3, -0.25) is 14.5 Å². The van der Waals surface area contributed by atoms with Crippen LogP contribution in [0.3, 0.4) is 0 Å². The Morgan fingerprint density at radius 3 is 1.70 bits per heavy atom. The van der Waals surface area contributed by atoms with Crippen molar-refractivity contribution in [3.05, 3.63) is 65.7 Å². The van der Waals surface area contributed by atoms with Crippen molar-refractivity contribution in [1.29, 1.82) is 0 Å². The van der Waals surface area contributed by atoms with E-state index in [-0.39, 0.29) is 28.8 Å². The number of unbranched alkanes of at least 4 members (excludes halogenated alkanes) is 6. The van der Waals surface area contributed by atoms with Gasteiger partial charge in [-0.15, -0.1) is 0 Å². The van der Waals surface area contributed by atoms with E-state index < -0.39 is 7.26 Å². The summed E-state index contributed by atoms with van der Waals surface area (Å²) in [4.78, 5) is 26.1. The highest BCUT2D eigenvalue weighted by molar-refractivity contribution is 7.81. The summed E-state index contributed by atoms with van der Waals surface area (Å²) in [6.07, 6.45) is 9.62. The maximum Gasteiger partial charge on any atom is 0.261 e. The van der Waals surface area contributed by atoms with Gasteiger partial charge in [-0.2, -0.15) is 0 Å². The van der Waals surface area contributed by atoms with Crippen molar-refractivity contribution in [1.82, 2.24) is 4.90 Å². The van der Waals surface area contributed by atoms with E-state index in [1.807, 2.05) is 12.1 Å². The molecule has 0 radical (unpaired) electrons. The minimum atomic E-state index is -0.979. The number of nitrogens with zero attached hydrogens (tertiary/aromatic N) is 1. The van der Waals surface area contributed by atoms with Crippen molar-refractivity contribution in [3.63, 3.8) is 0 Å². The van der Waals surface area contributed by atoms with E-state index in [0.717, 1.165) is 12.8 Å². The Hall–Kier alpha value is -1.51. The van der Waals surface area contributed by atoms with E-state index in [1.54, 1.807) is 12.1 Å². The SMILES string of the molecule is C[P+](C)(CCCCCCCCCN1C(=O)c2ccccc2C1=O)c1ccccc1.[Br-]. The van der Waals surface area contributed by atoms with Crippen molar-refractivity contribution in [2.75, 3.05) is 26.0 Å². The van der Waals surface area contributed by atoms with Crippen LogP contribution in [0.5, 0.6) is 0 Å². The normalized spacial score (nSPS) is 13.3. The number of halogens is 1. The fraction of sp³-hybridized carbons (Fsp3) is 0.440. The Balaban J connectivity index is 0.00000320. The minimum Gasteiger partial charge on any atom is -1.00 e. The molecule has 162 valence electrons. The van der Waals surface area contributed by atoms with Crippen LogP contribution in [0.25, 0.3) is 0 Å². The lowest BCUT2D eigenvalue weighted by atomic mass is 10.1. The molecule has 1 heterocycles. The van der Waals surface area contributed by atoms with E-state index >= 15 is 0 Å². The number of carbonyl (C=O) groups is 2. The van der Waals surface area contributed by atoms with Crippen LogP contribution >= 0.6 is 7.26 Å². The number of rotatable bonds is 11. The van der Waals surface area contributed by atoms with Crippen molar-refractivity contribution < 1.29 is 26.6 Å².